The number of likely N-dealkylation sites (N-methyl/N-ethyl adjacent to an activating group) is 1. The van der Waals surface area contributed by atoms with Crippen LogP contribution in [-0.2, 0) is 34.1 Å². The highest BCUT2D eigenvalue weighted by atomic mass is 16.6. The molecule has 1 spiro atoms. The van der Waals surface area contributed by atoms with Crippen molar-refractivity contribution in [2.24, 2.45) is 5.73 Å². The van der Waals surface area contributed by atoms with Crippen molar-refractivity contribution in [2.75, 3.05) is 27.2 Å². The third kappa shape index (κ3) is 6.32. The summed E-state index contributed by atoms with van der Waals surface area (Å²) in [5, 5.41) is 17.5. The first-order valence-electron chi connectivity index (χ1n) is 15.9. The molecular weight excluding hydrogens is 596 g/mol. The van der Waals surface area contributed by atoms with Crippen molar-refractivity contribution in [1.29, 1.82) is 0 Å². The Balaban J connectivity index is 1.49. The number of rotatable bonds is 12. The summed E-state index contributed by atoms with van der Waals surface area (Å²) in [7, 11) is 3.52. The van der Waals surface area contributed by atoms with Gasteiger partial charge in [-0.3, -0.25) is 9.59 Å². The molecule has 1 aliphatic carbocycles. The number of likely N-dealkylation sites (tertiary alicyclic amines) is 1. The first-order valence-corrected chi connectivity index (χ1v) is 15.9. The molecule has 0 radical (unpaired) electrons. The number of esters is 2. The first kappa shape index (κ1) is 35.2. The molecule has 4 rings (SSSR count). The molecule has 0 aromatic heterocycles. The normalized spacial score (nSPS) is 26.9. The third-order valence-corrected chi connectivity index (χ3v) is 9.73. The minimum absolute atomic E-state index is 0.203. The molecule has 0 unspecified atom stereocenters. The number of nitrogens with one attached hydrogen (secondary N) is 2. The molecule has 2 aliphatic heterocycles. The fourth-order valence-electron chi connectivity index (χ4n) is 7.06. The summed E-state index contributed by atoms with van der Waals surface area (Å²) < 4.78 is 23.4. The minimum Gasteiger partial charge on any atom is -0.493 e. The third-order valence-electron chi connectivity index (χ3n) is 9.73. The van der Waals surface area contributed by atoms with E-state index in [2.05, 4.69) is 15.5 Å². The number of amides is 2. The fraction of sp³-hybridized carbons (Fsp3) is 0.636. The van der Waals surface area contributed by atoms with Crippen LogP contribution in [0, 0.1) is 6.92 Å². The van der Waals surface area contributed by atoms with Gasteiger partial charge in [0.15, 0.2) is 23.7 Å². The SMILES string of the molecule is COc1ccc(C)c2c1O[C@H]1C(OC(=O)[C@H](C)OC(=O)[C@H](C)NC(=O)[C@H](CCCCN)NC(C)=O)=CC[C@@]3(O)[C@@H](C)N(C)CC[C@]213. The Labute approximate surface area is 270 Å². The molecule has 1 fully saturated rings. The molecule has 13 heteroatoms. The Kier molecular flexibility index (Phi) is 10.7. The van der Waals surface area contributed by atoms with E-state index in [0.717, 1.165) is 11.1 Å². The Morgan fingerprint density at radius 3 is 2.54 bits per heavy atom. The van der Waals surface area contributed by atoms with Gasteiger partial charge in [-0.15, -0.1) is 0 Å². The highest BCUT2D eigenvalue weighted by Gasteiger charge is 2.69. The molecule has 1 aromatic rings. The summed E-state index contributed by atoms with van der Waals surface area (Å²) in [4.78, 5) is 52.8. The van der Waals surface area contributed by atoms with E-state index < -0.39 is 53.2 Å². The van der Waals surface area contributed by atoms with Gasteiger partial charge in [-0.05, 0) is 91.2 Å². The van der Waals surface area contributed by atoms with Crippen LogP contribution in [0.4, 0.5) is 0 Å². The number of aliphatic hydroxyl groups is 1. The van der Waals surface area contributed by atoms with Crippen molar-refractivity contribution in [1.82, 2.24) is 15.5 Å². The monoisotopic (exact) mass is 644 g/mol. The van der Waals surface area contributed by atoms with Crippen LogP contribution in [0.2, 0.25) is 0 Å². The largest absolute Gasteiger partial charge is 0.493 e. The van der Waals surface area contributed by atoms with Gasteiger partial charge in [-0.1, -0.05) is 6.07 Å². The van der Waals surface area contributed by atoms with Gasteiger partial charge in [-0.25, -0.2) is 9.59 Å². The molecule has 2 amide bonds. The average Bonchev–Trinajstić information content (AvgIpc) is 3.37. The van der Waals surface area contributed by atoms with E-state index in [1.165, 1.54) is 20.8 Å². The van der Waals surface area contributed by atoms with Crippen LogP contribution in [0.25, 0.3) is 0 Å². The van der Waals surface area contributed by atoms with E-state index >= 15 is 0 Å². The molecular formula is C33H48N4O9. The number of benzene rings is 1. The number of nitrogens with zero attached hydrogens (tertiary/aromatic N) is 1. The maximum Gasteiger partial charge on any atom is 0.352 e. The second-order valence-corrected chi connectivity index (χ2v) is 12.7. The molecule has 5 N–H and O–H groups in total. The highest BCUT2D eigenvalue weighted by molar-refractivity contribution is 5.90. The zero-order chi connectivity index (χ0) is 34.0. The molecule has 13 nitrogen and oxygen atoms in total. The second-order valence-electron chi connectivity index (χ2n) is 12.7. The van der Waals surface area contributed by atoms with E-state index in [0.29, 0.717) is 50.3 Å². The topological polar surface area (TPSA) is 179 Å². The number of nitrogens with two attached hydrogens (primary N) is 1. The van der Waals surface area contributed by atoms with Crippen LogP contribution in [0.5, 0.6) is 11.5 Å². The Morgan fingerprint density at radius 1 is 1.17 bits per heavy atom. The number of methoxy groups -OCH3 is 1. The number of aryl methyl sites for hydroxylation is 1. The van der Waals surface area contributed by atoms with Gasteiger partial charge in [0.2, 0.25) is 11.8 Å². The Hall–Kier alpha value is -3.68. The highest BCUT2D eigenvalue weighted by Crippen LogP contribution is 2.62. The summed E-state index contributed by atoms with van der Waals surface area (Å²) in [5.74, 6) is -1.36. The van der Waals surface area contributed by atoms with Crippen molar-refractivity contribution < 1.29 is 43.2 Å². The van der Waals surface area contributed by atoms with E-state index in [1.54, 1.807) is 13.2 Å². The maximum absolute atomic E-state index is 13.3. The Morgan fingerprint density at radius 2 is 1.89 bits per heavy atom. The van der Waals surface area contributed by atoms with Crippen LogP contribution < -0.4 is 25.8 Å². The number of hydrogen-bond acceptors (Lipinski definition) is 11. The second kappa shape index (κ2) is 14.0. The summed E-state index contributed by atoms with van der Waals surface area (Å²) >= 11 is 0. The van der Waals surface area contributed by atoms with E-state index in [-0.39, 0.29) is 24.1 Å². The van der Waals surface area contributed by atoms with Crippen LogP contribution in [0.1, 0.15) is 70.9 Å². The zero-order valence-electron chi connectivity index (χ0n) is 27.8. The molecule has 1 aromatic carbocycles. The van der Waals surface area contributed by atoms with Gasteiger partial charge in [-0.2, -0.15) is 0 Å². The lowest BCUT2D eigenvalue weighted by atomic mass is 9.54. The molecule has 46 heavy (non-hydrogen) atoms. The molecule has 0 bridgehead atoms. The number of carbonyl (C=O) groups excluding carboxylic acids is 4. The Bertz CT molecular complexity index is 1380. The maximum atomic E-state index is 13.3. The van der Waals surface area contributed by atoms with Gasteiger partial charge < -0.3 is 45.3 Å². The van der Waals surface area contributed by atoms with Crippen molar-refractivity contribution >= 4 is 23.8 Å². The summed E-state index contributed by atoms with van der Waals surface area (Å²) in [5.41, 5.74) is 5.14. The van der Waals surface area contributed by atoms with E-state index in [9.17, 15) is 24.3 Å². The number of unbranched alkanes of at least 4 members (excludes halogenated alkanes) is 1. The molecule has 254 valence electrons. The van der Waals surface area contributed by atoms with Gasteiger partial charge in [0.1, 0.15) is 17.8 Å². The van der Waals surface area contributed by atoms with Gasteiger partial charge in [0.05, 0.1) is 18.1 Å². The van der Waals surface area contributed by atoms with Crippen molar-refractivity contribution in [3.63, 3.8) is 0 Å². The molecule has 7 atom stereocenters. The van der Waals surface area contributed by atoms with Crippen molar-refractivity contribution in [3.8, 4) is 11.5 Å². The zero-order valence-corrected chi connectivity index (χ0v) is 27.8. The fourth-order valence-corrected chi connectivity index (χ4v) is 7.06. The lowest BCUT2D eigenvalue weighted by Crippen LogP contribution is -2.71. The standard InChI is InChI=1S/C33H48N4O9/c1-18-11-12-24(43-7)27-26(18)32-15-17-37(6)21(4)33(32,42)14-13-25(28(32)46-27)45-31(41)20(3)44-30(40)19(2)35-29(39)23(36-22(5)38)10-8-9-16-34/h11-13,19-21,23,28,42H,8-10,14-17,34H2,1-7H3,(H,35,39)(H,36,38)/t19-,20-,21+,23-,28-,32-,33+/m0/s1. The van der Waals surface area contributed by atoms with Crippen LogP contribution in [0.15, 0.2) is 24.0 Å². The van der Waals surface area contributed by atoms with E-state index in [4.69, 9.17) is 24.7 Å². The number of piperidine rings is 1. The molecule has 0 saturated carbocycles. The van der Waals surface area contributed by atoms with Gasteiger partial charge >= 0.3 is 11.9 Å². The smallest absolute Gasteiger partial charge is 0.352 e. The van der Waals surface area contributed by atoms with Crippen molar-refractivity contribution in [3.05, 3.63) is 35.1 Å². The average molecular weight is 645 g/mol. The van der Waals surface area contributed by atoms with Crippen molar-refractivity contribution in [2.45, 2.75) is 108 Å². The molecule has 1 saturated heterocycles. The number of hydrogen-bond donors (Lipinski definition) is 4. The van der Waals surface area contributed by atoms with Gasteiger partial charge in [0, 0.05) is 24.9 Å². The number of ether oxygens (including phenoxy) is 4. The molecule has 3 aliphatic rings. The minimum atomic E-state index is -1.32. The van der Waals surface area contributed by atoms with Gasteiger partial charge in [0.25, 0.3) is 0 Å². The number of fused-ring (bicyclic) bond motifs is 1. The lowest BCUT2D eigenvalue weighted by Gasteiger charge is -2.58. The van der Waals surface area contributed by atoms with E-state index in [1.807, 2.05) is 33.0 Å². The summed E-state index contributed by atoms with van der Waals surface area (Å²) in [6.07, 6.45) is 1.91. The predicted octanol–water partition coefficient (Wildman–Crippen LogP) is 1.36. The predicted molar refractivity (Wildman–Crippen MR) is 168 cm³/mol. The first-order chi connectivity index (χ1) is 21.7. The van der Waals surface area contributed by atoms with Crippen LogP contribution in [-0.4, -0.2) is 96.9 Å². The summed E-state index contributed by atoms with van der Waals surface area (Å²) in [6.45, 7) is 9.19. The quantitative estimate of drug-likeness (QED) is 0.191. The lowest BCUT2D eigenvalue weighted by molar-refractivity contribution is -0.172. The molecule has 2 heterocycles. The van der Waals surface area contributed by atoms with Crippen LogP contribution in [0.3, 0.4) is 0 Å². The summed E-state index contributed by atoms with van der Waals surface area (Å²) in [6, 6.07) is 1.57. The van der Waals surface area contributed by atoms with Crippen LogP contribution >= 0.6 is 0 Å². The number of carbonyl (C=O) groups is 4.